The van der Waals surface area contributed by atoms with Crippen molar-refractivity contribution in [1.29, 1.82) is 0 Å². The SMILES string of the molecule is CCC(C=O)c1ccccc1C(C)C. The van der Waals surface area contributed by atoms with Crippen molar-refractivity contribution < 1.29 is 4.79 Å². The van der Waals surface area contributed by atoms with Crippen molar-refractivity contribution in [2.24, 2.45) is 0 Å². The smallest absolute Gasteiger partial charge is 0.127 e. The molecule has 14 heavy (non-hydrogen) atoms. The van der Waals surface area contributed by atoms with Crippen molar-refractivity contribution in [2.45, 2.75) is 39.0 Å². The summed E-state index contributed by atoms with van der Waals surface area (Å²) in [5, 5.41) is 0. The van der Waals surface area contributed by atoms with Crippen LogP contribution in [0, 0.1) is 0 Å². The molecule has 0 saturated heterocycles. The molecule has 0 aliphatic rings. The molecule has 0 aromatic heterocycles. The molecule has 1 atom stereocenters. The Morgan fingerprint density at radius 2 is 1.79 bits per heavy atom. The van der Waals surface area contributed by atoms with Crippen molar-refractivity contribution in [2.75, 3.05) is 0 Å². The van der Waals surface area contributed by atoms with Crippen LogP contribution in [-0.4, -0.2) is 6.29 Å². The quantitative estimate of drug-likeness (QED) is 0.664. The first-order valence-electron chi connectivity index (χ1n) is 5.24. The third-order valence-electron chi connectivity index (χ3n) is 2.62. The molecule has 1 unspecified atom stereocenters. The summed E-state index contributed by atoms with van der Waals surface area (Å²) in [5.41, 5.74) is 2.49. The predicted molar refractivity (Wildman–Crippen MR) is 59.6 cm³/mol. The highest BCUT2D eigenvalue weighted by Crippen LogP contribution is 2.26. The third-order valence-corrected chi connectivity index (χ3v) is 2.62. The topological polar surface area (TPSA) is 17.1 Å². The van der Waals surface area contributed by atoms with Gasteiger partial charge in [0.2, 0.25) is 0 Å². The van der Waals surface area contributed by atoms with Crippen LogP contribution in [0.3, 0.4) is 0 Å². The molecule has 0 fully saturated rings. The van der Waals surface area contributed by atoms with Crippen molar-refractivity contribution in [3.05, 3.63) is 35.4 Å². The number of carbonyl (C=O) groups excluding carboxylic acids is 1. The third kappa shape index (κ3) is 2.22. The van der Waals surface area contributed by atoms with E-state index in [1.54, 1.807) is 0 Å². The van der Waals surface area contributed by atoms with Gasteiger partial charge in [-0.15, -0.1) is 0 Å². The van der Waals surface area contributed by atoms with Crippen LogP contribution in [0.1, 0.15) is 50.2 Å². The van der Waals surface area contributed by atoms with Gasteiger partial charge in [-0.3, -0.25) is 0 Å². The van der Waals surface area contributed by atoms with E-state index in [2.05, 4.69) is 32.9 Å². The van der Waals surface area contributed by atoms with E-state index in [0.29, 0.717) is 5.92 Å². The second kappa shape index (κ2) is 4.94. The summed E-state index contributed by atoms with van der Waals surface area (Å²) in [7, 11) is 0. The van der Waals surface area contributed by atoms with Crippen molar-refractivity contribution in [3.8, 4) is 0 Å². The van der Waals surface area contributed by atoms with E-state index in [4.69, 9.17) is 0 Å². The summed E-state index contributed by atoms with van der Waals surface area (Å²) in [5.74, 6) is 0.550. The maximum absolute atomic E-state index is 10.9. The van der Waals surface area contributed by atoms with Crippen LogP contribution in [0.4, 0.5) is 0 Å². The van der Waals surface area contributed by atoms with E-state index in [1.807, 2.05) is 12.1 Å². The van der Waals surface area contributed by atoms with Gasteiger partial charge in [-0.05, 0) is 23.5 Å². The van der Waals surface area contributed by atoms with Crippen LogP contribution >= 0.6 is 0 Å². The lowest BCUT2D eigenvalue weighted by molar-refractivity contribution is -0.109. The highest BCUT2D eigenvalue weighted by Gasteiger charge is 2.13. The Labute approximate surface area is 86.1 Å². The lowest BCUT2D eigenvalue weighted by Crippen LogP contribution is -2.04. The normalized spacial score (nSPS) is 12.9. The molecule has 1 heteroatoms. The first kappa shape index (κ1) is 11.0. The minimum absolute atomic E-state index is 0.0635. The molecule has 1 nitrogen and oxygen atoms in total. The lowest BCUT2D eigenvalue weighted by Gasteiger charge is -2.16. The van der Waals surface area contributed by atoms with Gasteiger partial charge >= 0.3 is 0 Å². The minimum atomic E-state index is 0.0635. The molecule has 0 bridgehead atoms. The maximum atomic E-state index is 10.9. The summed E-state index contributed by atoms with van der Waals surface area (Å²) in [6.45, 7) is 6.38. The summed E-state index contributed by atoms with van der Waals surface area (Å²) in [6, 6.07) is 8.23. The van der Waals surface area contributed by atoms with Crippen molar-refractivity contribution in [1.82, 2.24) is 0 Å². The molecule has 1 rings (SSSR count). The zero-order valence-electron chi connectivity index (χ0n) is 9.16. The van der Waals surface area contributed by atoms with Gasteiger partial charge in [0.15, 0.2) is 0 Å². The number of hydrogen-bond acceptors (Lipinski definition) is 1. The molecule has 0 spiro atoms. The molecule has 1 aromatic carbocycles. The Morgan fingerprint density at radius 1 is 1.21 bits per heavy atom. The molecule has 0 aliphatic carbocycles. The van der Waals surface area contributed by atoms with Crippen LogP contribution < -0.4 is 0 Å². The first-order valence-corrected chi connectivity index (χ1v) is 5.24. The molecule has 0 N–H and O–H groups in total. The molecule has 0 amide bonds. The van der Waals surface area contributed by atoms with Crippen LogP contribution in [0.2, 0.25) is 0 Å². The van der Waals surface area contributed by atoms with Gasteiger partial charge in [0.1, 0.15) is 6.29 Å². The molecule has 0 saturated carbocycles. The number of hydrogen-bond donors (Lipinski definition) is 0. The zero-order valence-corrected chi connectivity index (χ0v) is 9.16. The summed E-state index contributed by atoms with van der Waals surface area (Å²) in [4.78, 5) is 10.9. The van der Waals surface area contributed by atoms with Gasteiger partial charge in [-0.2, -0.15) is 0 Å². The molecule has 0 aliphatic heterocycles. The Balaban J connectivity index is 3.11. The van der Waals surface area contributed by atoms with Gasteiger partial charge in [0, 0.05) is 5.92 Å². The Morgan fingerprint density at radius 3 is 2.21 bits per heavy atom. The standard InChI is InChI=1S/C13H18O/c1-4-11(9-14)13-8-6-5-7-12(13)10(2)3/h5-11H,4H2,1-3H3. The minimum Gasteiger partial charge on any atom is -0.303 e. The summed E-state index contributed by atoms with van der Waals surface area (Å²) >= 11 is 0. The maximum Gasteiger partial charge on any atom is 0.127 e. The van der Waals surface area contributed by atoms with Gasteiger partial charge in [0.25, 0.3) is 0 Å². The molecule has 0 radical (unpaired) electrons. The Kier molecular flexibility index (Phi) is 3.87. The van der Waals surface area contributed by atoms with Gasteiger partial charge in [-0.25, -0.2) is 0 Å². The van der Waals surface area contributed by atoms with Crippen LogP contribution in [0.5, 0.6) is 0 Å². The monoisotopic (exact) mass is 190 g/mol. The second-order valence-corrected chi connectivity index (χ2v) is 3.93. The largest absolute Gasteiger partial charge is 0.303 e. The number of carbonyl (C=O) groups is 1. The molecule has 76 valence electrons. The van der Waals surface area contributed by atoms with Crippen LogP contribution in [0.25, 0.3) is 0 Å². The molecular formula is C13H18O. The number of rotatable bonds is 4. The van der Waals surface area contributed by atoms with Gasteiger partial charge in [-0.1, -0.05) is 45.0 Å². The fraction of sp³-hybridized carbons (Fsp3) is 0.462. The van der Waals surface area contributed by atoms with Gasteiger partial charge in [0.05, 0.1) is 0 Å². The van der Waals surface area contributed by atoms with Crippen molar-refractivity contribution >= 4 is 6.29 Å². The number of aldehydes is 1. The molecular weight excluding hydrogens is 172 g/mol. The van der Waals surface area contributed by atoms with E-state index in [0.717, 1.165) is 12.7 Å². The number of benzene rings is 1. The summed E-state index contributed by atoms with van der Waals surface area (Å²) < 4.78 is 0. The van der Waals surface area contributed by atoms with E-state index in [-0.39, 0.29) is 5.92 Å². The average Bonchev–Trinajstić information content (AvgIpc) is 2.20. The van der Waals surface area contributed by atoms with Crippen LogP contribution in [-0.2, 0) is 4.79 Å². The lowest BCUT2D eigenvalue weighted by atomic mass is 9.88. The van der Waals surface area contributed by atoms with Gasteiger partial charge < -0.3 is 4.79 Å². The van der Waals surface area contributed by atoms with Crippen molar-refractivity contribution in [3.63, 3.8) is 0 Å². The average molecular weight is 190 g/mol. The highest BCUT2D eigenvalue weighted by molar-refractivity contribution is 5.63. The predicted octanol–water partition coefficient (Wildman–Crippen LogP) is 3.50. The van der Waals surface area contributed by atoms with E-state index in [1.165, 1.54) is 11.1 Å². The zero-order chi connectivity index (χ0) is 10.6. The Hall–Kier alpha value is -1.11. The van der Waals surface area contributed by atoms with E-state index < -0.39 is 0 Å². The first-order chi connectivity index (χ1) is 6.70. The van der Waals surface area contributed by atoms with E-state index in [9.17, 15) is 4.79 Å². The summed E-state index contributed by atoms with van der Waals surface area (Å²) in [6.07, 6.45) is 1.94. The Bertz CT molecular complexity index is 302. The second-order valence-electron chi connectivity index (χ2n) is 3.93. The fourth-order valence-electron chi connectivity index (χ4n) is 1.76. The molecule has 1 aromatic rings. The van der Waals surface area contributed by atoms with Crippen LogP contribution in [0.15, 0.2) is 24.3 Å². The highest BCUT2D eigenvalue weighted by atomic mass is 16.1. The molecule has 0 heterocycles. The van der Waals surface area contributed by atoms with E-state index >= 15 is 0 Å². The fourth-order valence-corrected chi connectivity index (χ4v) is 1.76.